The average Bonchev–Trinajstić information content (AvgIpc) is 2.66. The van der Waals surface area contributed by atoms with E-state index in [0.29, 0.717) is 42.5 Å². The zero-order chi connectivity index (χ0) is 19.9. The highest BCUT2D eigenvalue weighted by Crippen LogP contribution is 2.30. The van der Waals surface area contributed by atoms with E-state index in [1.807, 2.05) is 24.3 Å². The number of nitrogens with one attached hydrogen (secondary N) is 1. The predicted octanol–water partition coefficient (Wildman–Crippen LogP) is 4.09. The number of ether oxygens (including phenoxy) is 3. The van der Waals surface area contributed by atoms with Gasteiger partial charge >= 0.3 is 5.97 Å². The number of hydrogen-bond acceptors (Lipinski definition) is 5. The van der Waals surface area contributed by atoms with Crippen LogP contribution in [0.4, 0.5) is 0 Å². The van der Waals surface area contributed by atoms with E-state index in [4.69, 9.17) is 19.3 Å². The normalized spacial score (nSPS) is 11.1. The summed E-state index contributed by atoms with van der Waals surface area (Å²) in [5, 5.41) is 12.4. The maximum absolute atomic E-state index is 11.1. The van der Waals surface area contributed by atoms with Crippen molar-refractivity contribution >= 4 is 5.97 Å². The number of methoxy groups -OCH3 is 2. The molecule has 0 heterocycles. The lowest BCUT2D eigenvalue weighted by Crippen LogP contribution is -2.28. The maximum atomic E-state index is 11.1. The molecule has 2 rings (SSSR count). The van der Waals surface area contributed by atoms with Gasteiger partial charge in [0.1, 0.15) is 23.0 Å². The molecular formula is C21H27NO5. The fourth-order valence-corrected chi connectivity index (χ4v) is 2.39. The van der Waals surface area contributed by atoms with Crippen molar-refractivity contribution < 1.29 is 24.1 Å². The van der Waals surface area contributed by atoms with Crippen molar-refractivity contribution in [2.75, 3.05) is 20.8 Å². The number of aliphatic carboxylic acids is 1. The van der Waals surface area contributed by atoms with Crippen LogP contribution in [0.3, 0.4) is 0 Å². The van der Waals surface area contributed by atoms with Gasteiger partial charge in [-0.15, -0.1) is 0 Å². The Labute approximate surface area is 160 Å². The molecule has 0 unspecified atom stereocenters. The van der Waals surface area contributed by atoms with Crippen molar-refractivity contribution in [3.8, 4) is 23.0 Å². The number of benzene rings is 2. The highest BCUT2D eigenvalue weighted by Gasteiger charge is 2.25. The number of carboxylic acids is 1. The smallest absolute Gasteiger partial charge is 0.309 e. The Balaban J connectivity index is 1.89. The van der Waals surface area contributed by atoms with Gasteiger partial charge in [-0.2, -0.15) is 0 Å². The number of hydrogen-bond donors (Lipinski definition) is 2. The van der Waals surface area contributed by atoms with Crippen LogP contribution < -0.4 is 19.5 Å². The topological polar surface area (TPSA) is 77.0 Å². The Morgan fingerprint density at radius 1 is 0.963 bits per heavy atom. The molecule has 146 valence electrons. The molecule has 0 saturated carbocycles. The van der Waals surface area contributed by atoms with Gasteiger partial charge in [-0.05, 0) is 44.5 Å². The van der Waals surface area contributed by atoms with Crippen LogP contribution in [0.15, 0.2) is 42.5 Å². The standard InChI is InChI=1S/C21H27NO5/c1-21(2,20(23)24)9-10-22-14-15-5-7-16(8-6-15)27-19-12-17(25-3)11-18(13-19)26-4/h5-8,11-13,22H,9-10,14H2,1-4H3,(H,23,24). The summed E-state index contributed by atoms with van der Waals surface area (Å²) in [5.41, 5.74) is 0.376. The molecule has 0 aliphatic rings. The number of rotatable bonds is 10. The van der Waals surface area contributed by atoms with Crippen molar-refractivity contribution in [2.45, 2.75) is 26.8 Å². The van der Waals surface area contributed by atoms with Crippen LogP contribution in [0, 0.1) is 5.41 Å². The second kappa shape index (κ2) is 9.28. The van der Waals surface area contributed by atoms with Crippen LogP contribution in [0.5, 0.6) is 23.0 Å². The Morgan fingerprint density at radius 2 is 1.52 bits per heavy atom. The first-order valence-electron chi connectivity index (χ1n) is 8.78. The van der Waals surface area contributed by atoms with E-state index >= 15 is 0 Å². The van der Waals surface area contributed by atoms with E-state index in [0.717, 1.165) is 5.56 Å². The Morgan fingerprint density at radius 3 is 2.04 bits per heavy atom. The highest BCUT2D eigenvalue weighted by molar-refractivity contribution is 5.73. The van der Waals surface area contributed by atoms with Crippen molar-refractivity contribution in [2.24, 2.45) is 5.41 Å². The van der Waals surface area contributed by atoms with Crippen LogP contribution in [0.25, 0.3) is 0 Å². The fraction of sp³-hybridized carbons (Fsp3) is 0.381. The third kappa shape index (κ3) is 6.18. The third-order valence-corrected chi connectivity index (χ3v) is 4.32. The molecular weight excluding hydrogens is 346 g/mol. The minimum absolute atomic E-state index is 0.571. The zero-order valence-electron chi connectivity index (χ0n) is 16.2. The van der Waals surface area contributed by atoms with E-state index in [-0.39, 0.29) is 0 Å². The second-order valence-electron chi connectivity index (χ2n) is 6.91. The summed E-state index contributed by atoms with van der Waals surface area (Å²) in [4.78, 5) is 11.1. The van der Waals surface area contributed by atoms with E-state index in [2.05, 4.69) is 5.32 Å². The largest absolute Gasteiger partial charge is 0.496 e. The van der Waals surface area contributed by atoms with Gasteiger partial charge < -0.3 is 24.6 Å². The minimum Gasteiger partial charge on any atom is -0.496 e. The molecule has 0 atom stereocenters. The van der Waals surface area contributed by atoms with E-state index in [1.165, 1.54) is 0 Å². The molecule has 0 fully saturated rings. The van der Waals surface area contributed by atoms with Crippen molar-refractivity contribution in [3.05, 3.63) is 48.0 Å². The number of carbonyl (C=O) groups is 1. The van der Waals surface area contributed by atoms with Crippen LogP contribution in [0.1, 0.15) is 25.8 Å². The van der Waals surface area contributed by atoms with Gasteiger partial charge in [0.2, 0.25) is 0 Å². The Kier molecular flexibility index (Phi) is 7.07. The van der Waals surface area contributed by atoms with Crippen LogP contribution >= 0.6 is 0 Å². The molecule has 0 bridgehead atoms. The quantitative estimate of drug-likeness (QED) is 0.611. The molecule has 0 aliphatic carbocycles. The first-order chi connectivity index (χ1) is 12.8. The van der Waals surface area contributed by atoms with Crippen LogP contribution in [0.2, 0.25) is 0 Å². The lowest BCUT2D eigenvalue weighted by atomic mass is 9.90. The Hall–Kier alpha value is -2.73. The minimum atomic E-state index is -0.778. The van der Waals surface area contributed by atoms with E-state index in [9.17, 15) is 4.79 Å². The van der Waals surface area contributed by atoms with Gasteiger partial charge in [0.05, 0.1) is 19.6 Å². The predicted molar refractivity (Wildman–Crippen MR) is 104 cm³/mol. The number of carboxylic acid groups (broad SMARTS) is 1. The molecule has 0 aliphatic heterocycles. The maximum Gasteiger partial charge on any atom is 0.309 e. The lowest BCUT2D eigenvalue weighted by Gasteiger charge is -2.19. The lowest BCUT2D eigenvalue weighted by molar-refractivity contribution is -0.147. The summed E-state index contributed by atoms with van der Waals surface area (Å²) in [6.45, 7) is 4.78. The summed E-state index contributed by atoms with van der Waals surface area (Å²) in [6.07, 6.45) is 0.571. The third-order valence-electron chi connectivity index (χ3n) is 4.32. The second-order valence-corrected chi connectivity index (χ2v) is 6.91. The van der Waals surface area contributed by atoms with Gasteiger partial charge in [0.25, 0.3) is 0 Å². The fourth-order valence-electron chi connectivity index (χ4n) is 2.39. The van der Waals surface area contributed by atoms with E-state index < -0.39 is 11.4 Å². The SMILES string of the molecule is COc1cc(OC)cc(Oc2ccc(CNCCC(C)(C)C(=O)O)cc2)c1. The average molecular weight is 373 g/mol. The first-order valence-corrected chi connectivity index (χ1v) is 8.78. The van der Waals surface area contributed by atoms with Gasteiger partial charge in [-0.25, -0.2) is 0 Å². The van der Waals surface area contributed by atoms with E-state index in [1.54, 1.807) is 46.3 Å². The summed E-state index contributed by atoms with van der Waals surface area (Å²) in [5.74, 6) is 1.89. The molecule has 2 aromatic carbocycles. The summed E-state index contributed by atoms with van der Waals surface area (Å²) < 4.78 is 16.4. The van der Waals surface area contributed by atoms with Crippen molar-refractivity contribution in [1.82, 2.24) is 5.32 Å². The molecule has 2 aromatic rings. The van der Waals surface area contributed by atoms with Gasteiger partial charge in [0.15, 0.2) is 0 Å². The monoisotopic (exact) mass is 373 g/mol. The first kappa shape index (κ1) is 20.6. The molecule has 0 radical (unpaired) electrons. The van der Waals surface area contributed by atoms with Crippen LogP contribution in [-0.4, -0.2) is 31.8 Å². The summed E-state index contributed by atoms with van der Waals surface area (Å²) in [6, 6.07) is 13.1. The molecule has 2 N–H and O–H groups in total. The van der Waals surface area contributed by atoms with Gasteiger partial charge in [0, 0.05) is 24.7 Å². The van der Waals surface area contributed by atoms with Gasteiger partial charge in [-0.1, -0.05) is 12.1 Å². The molecule has 0 amide bonds. The Bertz CT molecular complexity index is 733. The molecule has 6 nitrogen and oxygen atoms in total. The highest BCUT2D eigenvalue weighted by atomic mass is 16.5. The summed E-state index contributed by atoms with van der Waals surface area (Å²) in [7, 11) is 3.19. The molecule has 0 saturated heterocycles. The van der Waals surface area contributed by atoms with Crippen molar-refractivity contribution in [1.29, 1.82) is 0 Å². The van der Waals surface area contributed by atoms with Gasteiger partial charge in [-0.3, -0.25) is 4.79 Å². The molecule has 27 heavy (non-hydrogen) atoms. The van der Waals surface area contributed by atoms with Crippen molar-refractivity contribution in [3.63, 3.8) is 0 Å². The summed E-state index contributed by atoms with van der Waals surface area (Å²) >= 11 is 0. The molecule has 0 aromatic heterocycles. The van der Waals surface area contributed by atoms with Crippen LogP contribution in [-0.2, 0) is 11.3 Å². The molecule has 6 heteroatoms. The molecule has 0 spiro atoms. The zero-order valence-corrected chi connectivity index (χ0v) is 16.2.